The first kappa shape index (κ1) is 22.4. The number of hydrogen-bond donors (Lipinski definition) is 1. The fourth-order valence-electron chi connectivity index (χ4n) is 3.03. The maximum absolute atomic E-state index is 12.8. The van der Waals surface area contributed by atoms with Gasteiger partial charge >= 0.3 is 12.5 Å². The van der Waals surface area contributed by atoms with Crippen LogP contribution in [-0.4, -0.2) is 29.0 Å². The van der Waals surface area contributed by atoms with Gasteiger partial charge in [0.25, 0.3) is 0 Å². The molecule has 0 saturated carbocycles. The first-order valence-electron chi connectivity index (χ1n) is 8.86. The maximum Gasteiger partial charge on any atom is 0.573 e. The van der Waals surface area contributed by atoms with Gasteiger partial charge in [-0.1, -0.05) is 23.7 Å². The molecule has 1 aromatic heterocycles. The Hall–Kier alpha value is -2.27. The van der Waals surface area contributed by atoms with Crippen molar-refractivity contribution in [1.82, 2.24) is 9.97 Å². The summed E-state index contributed by atoms with van der Waals surface area (Å²) in [5, 5.41) is 2.42. The Morgan fingerprint density at radius 1 is 1.07 bits per heavy atom. The van der Waals surface area contributed by atoms with Gasteiger partial charge in [0.15, 0.2) is 0 Å². The van der Waals surface area contributed by atoms with Crippen LogP contribution >= 0.6 is 11.6 Å². The quantitative estimate of drug-likeness (QED) is 0.458. The molecule has 1 N–H and O–H groups in total. The predicted molar refractivity (Wildman–Crippen MR) is 95.1 cm³/mol. The molecule has 0 amide bonds. The molecule has 1 aliphatic rings. The number of anilines is 1. The fourth-order valence-corrected chi connectivity index (χ4v) is 3.22. The fraction of sp³-hybridized carbons (Fsp3) is 0.444. The average molecular weight is 456 g/mol. The Morgan fingerprint density at radius 2 is 1.77 bits per heavy atom. The summed E-state index contributed by atoms with van der Waals surface area (Å²) in [5.74, 6) is -1.76. The van der Waals surface area contributed by atoms with Crippen LogP contribution < -0.4 is 10.1 Å². The summed E-state index contributed by atoms with van der Waals surface area (Å²) < 4.78 is 84.9. The molecule has 0 bridgehead atoms. The summed E-state index contributed by atoms with van der Waals surface area (Å²) in [5.41, 5.74) is 0.679. The Kier molecular flexibility index (Phi) is 6.61. The lowest BCUT2D eigenvalue weighted by atomic mass is 9.98. The van der Waals surface area contributed by atoms with Crippen LogP contribution in [0.3, 0.4) is 0 Å². The molecule has 164 valence electrons. The van der Waals surface area contributed by atoms with E-state index in [-0.39, 0.29) is 35.5 Å². The van der Waals surface area contributed by atoms with E-state index in [9.17, 15) is 26.3 Å². The zero-order chi connectivity index (χ0) is 21.9. The molecular formula is C18H16ClF6N3O2. The lowest BCUT2D eigenvalue weighted by molar-refractivity contribution is -0.274. The van der Waals surface area contributed by atoms with Crippen LogP contribution in [0.2, 0.25) is 5.15 Å². The van der Waals surface area contributed by atoms with E-state index in [1.54, 1.807) is 0 Å². The zero-order valence-electron chi connectivity index (χ0n) is 15.2. The monoisotopic (exact) mass is 455 g/mol. The van der Waals surface area contributed by atoms with Crippen molar-refractivity contribution in [2.45, 2.75) is 44.0 Å². The van der Waals surface area contributed by atoms with E-state index >= 15 is 0 Å². The van der Waals surface area contributed by atoms with Gasteiger partial charge in [0.1, 0.15) is 16.7 Å². The Labute approximate surface area is 172 Å². The van der Waals surface area contributed by atoms with Crippen LogP contribution in [0.4, 0.5) is 32.2 Å². The zero-order valence-corrected chi connectivity index (χ0v) is 16.0. The minimum absolute atomic E-state index is 0.0818. The van der Waals surface area contributed by atoms with E-state index in [0.717, 1.165) is 6.42 Å². The molecule has 30 heavy (non-hydrogen) atoms. The van der Waals surface area contributed by atoms with Crippen LogP contribution in [-0.2, 0) is 10.9 Å². The van der Waals surface area contributed by atoms with Gasteiger partial charge in [-0.25, -0.2) is 9.97 Å². The van der Waals surface area contributed by atoms with Crippen molar-refractivity contribution in [2.75, 3.05) is 11.9 Å². The molecule has 2 unspecified atom stereocenters. The first-order chi connectivity index (χ1) is 14.0. The van der Waals surface area contributed by atoms with Gasteiger partial charge in [0.05, 0.1) is 12.2 Å². The second-order valence-electron chi connectivity index (χ2n) is 6.57. The second kappa shape index (κ2) is 8.84. The van der Waals surface area contributed by atoms with Gasteiger partial charge in [-0.2, -0.15) is 13.2 Å². The molecule has 2 aromatic rings. The Balaban J connectivity index is 1.60. The summed E-state index contributed by atoms with van der Waals surface area (Å²) in [6, 6.07) is 6.56. The summed E-state index contributed by atoms with van der Waals surface area (Å²) >= 11 is 5.63. The summed E-state index contributed by atoms with van der Waals surface area (Å²) in [6.45, 7) is 0.177. The molecule has 3 rings (SSSR count). The molecule has 2 atom stereocenters. The first-order valence-corrected chi connectivity index (χ1v) is 9.24. The minimum Gasteiger partial charge on any atom is -0.406 e. The number of nitrogens with one attached hydrogen (secondary N) is 1. The molecule has 5 nitrogen and oxygen atoms in total. The van der Waals surface area contributed by atoms with E-state index < -0.39 is 18.4 Å². The number of ether oxygens (including phenoxy) is 2. The Morgan fingerprint density at radius 3 is 2.40 bits per heavy atom. The van der Waals surface area contributed by atoms with Gasteiger partial charge in [-0.05, 0) is 37.0 Å². The van der Waals surface area contributed by atoms with Gasteiger partial charge in [0.2, 0.25) is 5.82 Å². The average Bonchev–Trinajstić information content (AvgIpc) is 2.65. The molecule has 1 fully saturated rings. The van der Waals surface area contributed by atoms with Crippen molar-refractivity contribution in [3.8, 4) is 5.75 Å². The third-order valence-corrected chi connectivity index (χ3v) is 4.49. The normalized spacial score (nSPS) is 20.1. The van der Waals surface area contributed by atoms with E-state index in [2.05, 4.69) is 20.0 Å². The highest BCUT2D eigenvalue weighted by atomic mass is 35.5. The van der Waals surface area contributed by atoms with E-state index in [4.69, 9.17) is 16.3 Å². The number of halogens is 7. The number of nitrogens with zero attached hydrogens (tertiary/aromatic N) is 2. The lowest BCUT2D eigenvalue weighted by Gasteiger charge is -2.30. The van der Waals surface area contributed by atoms with Crippen molar-refractivity contribution in [3.05, 3.63) is 46.9 Å². The van der Waals surface area contributed by atoms with Crippen molar-refractivity contribution < 1.29 is 35.8 Å². The Bertz CT molecular complexity index is 860. The van der Waals surface area contributed by atoms with Crippen molar-refractivity contribution in [3.63, 3.8) is 0 Å². The number of rotatable bonds is 5. The van der Waals surface area contributed by atoms with Crippen LogP contribution in [0.5, 0.6) is 5.75 Å². The van der Waals surface area contributed by atoms with E-state index in [1.807, 2.05) is 0 Å². The number of alkyl halides is 6. The summed E-state index contributed by atoms with van der Waals surface area (Å²) in [6.07, 6.45) is -8.10. The smallest absolute Gasteiger partial charge is 0.406 e. The van der Waals surface area contributed by atoms with Crippen LogP contribution in [0.1, 0.15) is 36.8 Å². The molecule has 12 heteroatoms. The van der Waals surface area contributed by atoms with E-state index in [0.29, 0.717) is 18.4 Å². The standard InChI is InChI=1S/C18H16ClF6N3O2/c19-14-8-15(28-16(27-14)17(20,21)22)26-9-12-2-1-3-13(29-12)10-4-6-11(7-5-10)30-18(23,24)25/h4-8,12-13H,1-3,9H2,(H,26,27,28). The molecule has 0 spiro atoms. The van der Waals surface area contributed by atoms with Crippen LogP contribution in [0.15, 0.2) is 30.3 Å². The highest BCUT2D eigenvalue weighted by Crippen LogP contribution is 2.33. The van der Waals surface area contributed by atoms with Gasteiger partial charge < -0.3 is 14.8 Å². The third-order valence-electron chi connectivity index (χ3n) is 4.29. The summed E-state index contributed by atoms with van der Waals surface area (Å²) in [4.78, 5) is 6.57. The lowest BCUT2D eigenvalue weighted by Crippen LogP contribution is -2.29. The van der Waals surface area contributed by atoms with Gasteiger partial charge in [0, 0.05) is 12.6 Å². The topological polar surface area (TPSA) is 56.3 Å². The molecule has 1 saturated heterocycles. The van der Waals surface area contributed by atoms with Gasteiger partial charge in [-0.15, -0.1) is 13.2 Å². The van der Waals surface area contributed by atoms with Crippen molar-refractivity contribution in [2.24, 2.45) is 0 Å². The second-order valence-corrected chi connectivity index (χ2v) is 6.96. The molecule has 2 heterocycles. The van der Waals surface area contributed by atoms with E-state index in [1.165, 1.54) is 30.3 Å². The molecule has 0 aliphatic carbocycles. The molecule has 1 aromatic carbocycles. The molecule has 1 aliphatic heterocycles. The van der Waals surface area contributed by atoms with Crippen molar-refractivity contribution >= 4 is 17.4 Å². The number of benzene rings is 1. The third kappa shape index (κ3) is 6.36. The largest absolute Gasteiger partial charge is 0.573 e. The van der Waals surface area contributed by atoms with Crippen LogP contribution in [0.25, 0.3) is 0 Å². The number of hydrogen-bond acceptors (Lipinski definition) is 5. The number of aromatic nitrogens is 2. The maximum atomic E-state index is 12.8. The van der Waals surface area contributed by atoms with Crippen molar-refractivity contribution in [1.29, 1.82) is 0 Å². The predicted octanol–water partition coefficient (Wildman–Crippen LogP) is 5.77. The highest BCUT2D eigenvalue weighted by molar-refractivity contribution is 6.29. The van der Waals surface area contributed by atoms with Crippen LogP contribution in [0, 0.1) is 0 Å². The van der Waals surface area contributed by atoms with Gasteiger partial charge in [-0.3, -0.25) is 0 Å². The highest BCUT2D eigenvalue weighted by Gasteiger charge is 2.35. The molecular weight excluding hydrogens is 440 g/mol. The SMILES string of the molecule is FC(F)(F)Oc1ccc(C2CCCC(CNc3cc(Cl)nc(C(F)(F)F)n3)O2)cc1. The minimum atomic E-state index is -4.77. The molecule has 0 radical (unpaired) electrons. The summed E-state index contributed by atoms with van der Waals surface area (Å²) in [7, 11) is 0.